The number of nitrogens with one attached hydrogen (secondary N) is 1. The van der Waals surface area contributed by atoms with Crippen molar-refractivity contribution in [3.8, 4) is 0 Å². The van der Waals surface area contributed by atoms with Crippen molar-refractivity contribution < 1.29 is 0 Å². The molecule has 5 heteroatoms. The Balaban J connectivity index is 1.67. The number of fused-ring (bicyclic) bond motifs is 1. The fourth-order valence-corrected chi connectivity index (χ4v) is 3.27. The van der Waals surface area contributed by atoms with E-state index in [0.29, 0.717) is 5.92 Å². The lowest BCUT2D eigenvalue weighted by Gasteiger charge is -2.04. The number of hydrogen-bond donors (Lipinski definition) is 1. The average molecular weight is 300 g/mol. The van der Waals surface area contributed by atoms with Crippen LogP contribution < -0.4 is 5.32 Å². The Morgan fingerprint density at radius 3 is 3.00 bits per heavy atom. The van der Waals surface area contributed by atoms with E-state index >= 15 is 0 Å². The standard InChI is InChI=1S/C16H20N4S/c1-12(2)7-17-8-14-10-20(19-18-14)9-13-11-21-16-6-4-3-5-15(13)16/h3-6,10-12,17H,7-9H2,1-2H3. The van der Waals surface area contributed by atoms with E-state index in [9.17, 15) is 0 Å². The number of benzene rings is 1. The van der Waals surface area contributed by atoms with E-state index in [1.807, 2.05) is 10.9 Å². The summed E-state index contributed by atoms with van der Waals surface area (Å²) in [6.45, 7) is 6.96. The Morgan fingerprint density at radius 1 is 1.29 bits per heavy atom. The molecule has 21 heavy (non-hydrogen) atoms. The highest BCUT2D eigenvalue weighted by Crippen LogP contribution is 2.25. The van der Waals surface area contributed by atoms with Gasteiger partial charge in [0.05, 0.1) is 18.4 Å². The minimum Gasteiger partial charge on any atom is -0.311 e. The normalized spacial score (nSPS) is 11.6. The van der Waals surface area contributed by atoms with Crippen molar-refractivity contribution in [1.82, 2.24) is 20.3 Å². The van der Waals surface area contributed by atoms with Crippen LogP contribution in [-0.4, -0.2) is 21.5 Å². The lowest BCUT2D eigenvalue weighted by Crippen LogP contribution is -2.19. The summed E-state index contributed by atoms with van der Waals surface area (Å²) < 4.78 is 3.24. The molecule has 0 aliphatic heterocycles. The average Bonchev–Trinajstić information content (AvgIpc) is 3.07. The van der Waals surface area contributed by atoms with Gasteiger partial charge in [0, 0.05) is 11.2 Å². The lowest BCUT2D eigenvalue weighted by atomic mass is 10.2. The largest absolute Gasteiger partial charge is 0.311 e. The highest BCUT2D eigenvalue weighted by molar-refractivity contribution is 7.17. The van der Waals surface area contributed by atoms with Gasteiger partial charge in [0.1, 0.15) is 0 Å². The Bertz CT molecular complexity index is 714. The summed E-state index contributed by atoms with van der Waals surface area (Å²) in [5.74, 6) is 0.650. The molecule has 0 aliphatic carbocycles. The van der Waals surface area contributed by atoms with Crippen molar-refractivity contribution in [3.63, 3.8) is 0 Å². The van der Waals surface area contributed by atoms with Crippen molar-refractivity contribution in [2.75, 3.05) is 6.54 Å². The molecule has 1 aromatic carbocycles. The second-order valence-corrected chi connectivity index (χ2v) is 6.60. The molecule has 0 spiro atoms. The van der Waals surface area contributed by atoms with Gasteiger partial charge in [0.2, 0.25) is 0 Å². The molecule has 3 aromatic rings. The van der Waals surface area contributed by atoms with E-state index in [1.165, 1.54) is 15.6 Å². The van der Waals surface area contributed by atoms with Crippen molar-refractivity contribution in [2.45, 2.75) is 26.9 Å². The lowest BCUT2D eigenvalue weighted by molar-refractivity contribution is 0.548. The zero-order chi connectivity index (χ0) is 14.7. The second-order valence-electron chi connectivity index (χ2n) is 5.69. The third-order valence-corrected chi connectivity index (χ3v) is 4.35. The van der Waals surface area contributed by atoms with Gasteiger partial charge >= 0.3 is 0 Å². The maximum Gasteiger partial charge on any atom is 0.0964 e. The summed E-state index contributed by atoms with van der Waals surface area (Å²) in [6, 6.07) is 8.49. The quantitative estimate of drug-likeness (QED) is 0.759. The molecule has 2 heterocycles. The van der Waals surface area contributed by atoms with E-state index in [-0.39, 0.29) is 0 Å². The molecular weight excluding hydrogens is 280 g/mol. The molecule has 3 rings (SSSR count). The molecule has 0 unspecified atom stereocenters. The number of rotatable bonds is 6. The minimum atomic E-state index is 0.650. The Kier molecular flexibility index (Phi) is 4.31. The van der Waals surface area contributed by atoms with Crippen LogP contribution in [0.2, 0.25) is 0 Å². The number of aromatic nitrogens is 3. The van der Waals surface area contributed by atoms with Crippen LogP contribution >= 0.6 is 11.3 Å². The van der Waals surface area contributed by atoms with Crippen LogP contribution in [0.5, 0.6) is 0 Å². The highest BCUT2D eigenvalue weighted by Gasteiger charge is 2.06. The Labute approximate surface area is 128 Å². The summed E-state index contributed by atoms with van der Waals surface area (Å²) >= 11 is 1.78. The first-order valence-electron chi connectivity index (χ1n) is 7.27. The van der Waals surface area contributed by atoms with Gasteiger partial charge in [-0.15, -0.1) is 16.4 Å². The first-order chi connectivity index (χ1) is 10.2. The molecule has 0 radical (unpaired) electrons. The highest BCUT2D eigenvalue weighted by atomic mass is 32.1. The van der Waals surface area contributed by atoms with Crippen LogP contribution in [0, 0.1) is 5.92 Å². The van der Waals surface area contributed by atoms with Crippen LogP contribution in [-0.2, 0) is 13.1 Å². The van der Waals surface area contributed by atoms with Crippen molar-refractivity contribution in [3.05, 3.63) is 47.1 Å². The van der Waals surface area contributed by atoms with Crippen molar-refractivity contribution in [1.29, 1.82) is 0 Å². The third-order valence-electron chi connectivity index (χ3n) is 3.34. The van der Waals surface area contributed by atoms with Crippen molar-refractivity contribution >= 4 is 21.4 Å². The van der Waals surface area contributed by atoms with Gasteiger partial charge in [-0.25, -0.2) is 4.68 Å². The zero-order valence-electron chi connectivity index (χ0n) is 12.4. The summed E-state index contributed by atoms with van der Waals surface area (Å²) in [5.41, 5.74) is 2.30. The third kappa shape index (κ3) is 3.49. The molecule has 0 saturated carbocycles. The molecule has 0 amide bonds. The SMILES string of the molecule is CC(C)CNCc1cn(Cc2csc3ccccc23)nn1. The molecule has 0 fully saturated rings. The van der Waals surface area contributed by atoms with Crippen LogP contribution in [0.1, 0.15) is 25.1 Å². The molecule has 0 bridgehead atoms. The second kappa shape index (κ2) is 6.37. The van der Waals surface area contributed by atoms with Crippen LogP contribution in [0.3, 0.4) is 0 Å². The summed E-state index contributed by atoms with van der Waals surface area (Å²) in [5, 5.41) is 15.4. The van der Waals surface area contributed by atoms with Gasteiger partial charge in [0.15, 0.2) is 0 Å². The number of thiophene rings is 1. The van der Waals surface area contributed by atoms with Crippen LogP contribution in [0.15, 0.2) is 35.8 Å². The van der Waals surface area contributed by atoms with Gasteiger partial charge in [-0.2, -0.15) is 0 Å². The maximum absolute atomic E-state index is 4.23. The molecule has 0 atom stereocenters. The molecule has 1 N–H and O–H groups in total. The van der Waals surface area contributed by atoms with E-state index in [2.05, 4.69) is 59.1 Å². The van der Waals surface area contributed by atoms with Gasteiger partial charge in [-0.3, -0.25) is 0 Å². The Hall–Kier alpha value is -1.72. The van der Waals surface area contributed by atoms with Gasteiger partial charge < -0.3 is 5.32 Å². The first-order valence-corrected chi connectivity index (χ1v) is 8.15. The predicted octanol–water partition coefficient (Wildman–Crippen LogP) is 3.29. The fraction of sp³-hybridized carbons (Fsp3) is 0.375. The monoisotopic (exact) mass is 300 g/mol. The van der Waals surface area contributed by atoms with E-state index < -0.39 is 0 Å². The molecule has 0 saturated heterocycles. The molecule has 0 aliphatic rings. The van der Waals surface area contributed by atoms with Gasteiger partial charge in [-0.1, -0.05) is 37.3 Å². The zero-order valence-corrected chi connectivity index (χ0v) is 13.2. The van der Waals surface area contributed by atoms with Crippen LogP contribution in [0.25, 0.3) is 10.1 Å². The van der Waals surface area contributed by atoms with E-state index in [0.717, 1.165) is 25.3 Å². The van der Waals surface area contributed by atoms with E-state index in [1.54, 1.807) is 11.3 Å². The molecule has 2 aromatic heterocycles. The summed E-state index contributed by atoms with van der Waals surface area (Å²) in [7, 11) is 0. The minimum absolute atomic E-state index is 0.650. The molecular formula is C16H20N4S. The van der Waals surface area contributed by atoms with Crippen molar-refractivity contribution in [2.24, 2.45) is 5.92 Å². The number of nitrogens with zero attached hydrogens (tertiary/aromatic N) is 3. The molecule has 4 nitrogen and oxygen atoms in total. The maximum atomic E-state index is 4.23. The van der Waals surface area contributed by atoms with E-state index in [4.69, 9.17) is 0 Å². The van der Waals surface area contributed by atoms with Gasteiger partial charge in [-0.05, 0) is 34.9 Å². The fourth-order valence-electron chi connectivity index (χ4n) is 2.32. The van der Waals surface area contributed by atoms with Gasteiger partial charge in [0.25, 0.3) is 0 Å². The Morgan fingerprint density at radius 2 is 2.14 bits per heavy atom. The number of hydrogen-bond acceptors (Lipinski definition) is 4. The first kappa shape index (κ1) is 14.2. The topological polar surface area (TPSA) is 42.7 Å². The predicted molar refractivity (Wildman–Crippen MR) is 87.5 cm³/mol. The molecule has 110 valence electrons. The van der Waals surface area contributed by atoms with Crippen LogP contribution in [0.4, 0.5) is 0 Å². The summed E-state index contributed by atoms with van der Waals surface area (Å²) in [6.07, 6.45) is 2.03. The summed E-state index contributed by atoms with van der Waals surface area (Å²) in [4.78, 5) is 0. The smallest absolute Gasteiger partial charge is 0.0964 e.